The first-order chi connectivity index (χ1) is 16.5. The van der Waals surface area contributed by atoms with Gasteiger partial charge in [0.1, 0.15) is 18.1 Å². The van der Waals surface area contributed by atoms with Gasteiger partial charge in [0.2, 0.25) is 5.78 Å². The first-order valence-corrected chi connectivity index (χ1v) is 11.4. The highest BCUT2D eigenvalue weighted by molar-refractivity contribution is 6.32. The number of rotatable bonds is 8. The number of phenolic OH excluding ortho intramolecular Hbond substituents is 1. The Labute approximate surface area is 209 Å². The highest BCUT2D eigenvalue weighted by Gasteiger charge is 2.10. The number of hydrogen-bond donors (Lipinski definition) is 1. The van der Waals surface area contributed by atoms with E-state index in [-0.39, 0.29) is 11.5 Å². The third kappa shape index (κ3) is 19.1. The van der Waals surface area contributed by atoms with Crippen LogP contribution in [0.5, 0.6) is 5.75 Å². The molecule has 0 bridgehead atoms. The van der Waals surface area contributed by atoms with Gasteiger partial charge < -0.3 is 24.1 Å². The SMILES string of the molecule is C=C(C)C(=C)OCCOC.CC(=O)c1ccccc1O.COC(=O)C(C)=O.COC1CCCCC1. The maximum Gasteiger partial charge on any atom is 0.374 e. The molecule has 1 saturated carbocycles. The van der Waals surface area contributed by atoms with Gasteiger partial charge in [-0.3, -0.25) is 9.59 Å². The van der Waals surface area contributed by atoms with Gasteiger partial charge in [-0.15, -0.1) is 0 Å². The molecule has 1 aliphatic carbocycles. The Kier molecular flexibility index (Phi) is 21.1. The van der Waals surface area contributed by atoms with Gasteiger partial charge in [0.05, 0.1) is 25.4 Å². The van der Waals surface area contributed by atoms with E-state index in [4.69, 9.17) is 19.3 Å². The van der Waals surface area contributed by atoms with Crippen molar-refractivity contribution in [1.82, 2.24) is 0 Å². The molecular weight excluding hydrogens is 452 g/mol. The lowest BCUT2D eigenvalue weighted by atomic mass is 9.98. The number of allylic oxidation sites excluding steroid dienone is 1. The molecule has 1 N–H and O–H groups in total. The maximum atomic E-state index is 10.7. The number of phenols is 1. The molecule has 1 fully saturated rings. The molecule has 0 aliphatic heterocycles. The molecule has 0 aromatic heterocycles. The van der Waals surface area contributed by atoms with Crippen molar-refractivity contribution in [3.63, 3.8) is 0 Å². The molecule has 0 radical (unpaired) electrons. The first kappa shape index (κ1) is 34.2. The summed E-state index contributed by atoms with van der Waals surface area (Å²) in [5.74, 6) is -0.785. The zero-order valence-corrected chi connectivity index (χ0v) is 22.1. The highest BCUT2D eigenvalue weighted by Crippen LogP contribution is 2.19. The molecular formula is C27H42O8. The zero-order chi connectivity index (χ0) is 27.2. The van der Waals surface area contributed by atoms with E-state index in [1.54, 1.807) is 25.3 Å². The van der Waals surface area contributed by atoms with Gasteiger partial charge in [0, 0.05) is 21.1 Å². The molecule has 1 aromatic rings. The van der Waals surface area contributed by atoms with Crippen LogP contribution in [0.1, 0.15) is 63.2 Å². The summed E-state index contributed by atoms with van der Waals surface area (Å²) in [6.07, 6.45) is 7.33. The van der Waals surface area contributed by atoms with E-state index in [2.05, 4.69) is 17.9 Å². The van der Waals surface area contributed by atoms with Crippen LogP contribution in [0.4, 0.5) is 0 Å². The summed E-state index contributed by atoms with van der Waals surface area (Å²) in [5.41, 5.74) is 1.23. The summed E-state index contributed by atoms with van der Waals surface area (Å²) in [7, 11) is 4.62. The minimum absolute atomic E-state index is 0.0509. The summed E-state index contributed by atoms with van der Waals surface area (Å²) in [6.45, 7) is 12.9. The van der Waals surface area contributed by atoms with Crippen LogP contribution in [0.2, 0.25) is 0 Å². The average Bonchev–Trinajstić information content (AvgIpc) is 2.85. The van der Waals surface area contributed by atoms with Crippen molar-refractivity contribution in [3.05, 3.63) is 54.3 Å². The van der Waals surface area contributed by atoms with E-state index in [1.165, 1.54) is 52.2 Å². The molecule has 8 nitrogen and oxygen atoms in total. The van der Waals surface area contributed by atoms with Crippen LogP contribution in [0.15, 0.2) is 48.8 Å². The van der Waals surface area contributed by atoms with E-state index in [1.807, 2.05) is 14.0 Å². The molecule has 2 rings (SSSR count). The van der Waals surface area contributed by atoms with Gasteiger partial charge in [-0.05, 0) is 44.4 Å². The number of ether oxygens (including phenoxy) is 4. The molecule has 0 spiro atoms. The van der Waals surface area contributed by atoms with Gasteiger partial charge >= 0.3 is 5.97 Å². The number of aromatic hydroxyl groups is 1. The second-order valence-corrected chi connectivity index (χ2v) is 7.66. The van der Waals surface area contributed by atoms with Crippen LogP contribution in [-0.4, -0.2) is 63.3 Å². The third-order valence-electron chi connectivity index (χ3n) is 4.68. The Balaban J connectivity index is 0. The number of benzene rings is 1. The van der Waals surface area contributed by atoms with Crippen molar-refractivity contribution >= 4 is 17.5 Å². The molecule has 0 amide bonds. The summed E-state index contributed by atoms with van der Waals surface area (Å²) in [4.78, 5) is 30.5. The Morgan fingerprint density at radius 1 is 0.943 bits per heavy atom. The van der Waals surface area contributed by atoms with Gasteiger partial charge in [0.15, 0.2) is 5.78 Å². The second-order valence-electron chi connectivity index (χ2n) is 7.66. The minimum atomic E-state index is -0.792. The number of carbonyl (C=O) groups is 3. The Morgan fingerprint density at radius 2 is 1.51 bits per heavy atom. The summed E-state index contributed by atoms with van der Waals surface area (Å²) >= 11 is 0. The number of esters is 1. The molecule has 1 aliphatic rings. The van der Waals surface area contributed by atoms with Crippen molar-refractivity contribution in [1.29, 1.82) is 0 Å². The summed E-state index contributed by atoms with van der Waals surface area (Å²) in [5, 5.41) is 9.06. The third-order valence-corrected chi connectivity index (χ3v) is 4.68. The zero-order valence-electron chi connectivity index (χ0n) is 22.1. The Morgan fingerprint density at radius 3 is 1.83 bits per heavy atom. The highest BCUT2D eigenvalue weighted by atomic mass is 16.5. The number of ketones is 2. The summed E-state index contributed by atoms with van der Waals surface area (Å²) in [6, 6.07) is 6.49. The fourth-order valence-electron chi connectivity index (χ4n) is 2.59. The fourth-order valence-corrected chi connectivity index (χ4v) is 2.59. The molecule has 0 saturated heterocycles. The molecule has 0 heterocycles. The van der Waals surface area contributed by atoms with Gasteiger partial charge in [-0.2, -0.15) is 0 Å². The van der Waals surface area contributed by atoms with E-state index < -0.39 is 11.8 Å². The van der Waals surface area contributed by atoms with E-state index >= 15 is 0 Å². The topological polar surface area (TPSA) is 108 Å². The lowest BCUT2D eigenvalue weighted by Crippen LogP contribution is -2.13. The van der Waals surface area contributed by atoms with Crippen LogP contribution in [0, 0.1) is 0 Å². The van der Waals surface area contributed by atoms with E-state index in [9.17, 15) is 14.4 Å². The quantitative estimate of drug-likeness (QED) is 0.134. The van der Waals surface area contributed by atoms with Crippen LogP contribution in [0.25, 0.3) is 0 Å². The number of methoxy groups -OCH3 is 3. The van der Waals surface area contributed by atoms with Gasteiger partial charge in [-0.25, -0.2) is 4.79 Å². The van der Waals surface area contributed by atoms with Crippen LogP contribution in [-0.2, 0) is 28.5 Å². The van der Waals surface area contributed by atoms with E-state index in [0.717, 1.165) is 12.5 Å². The van der Waals surface area contributed by atoms with Gasteiger partial charge in [0.25, 0.3) is 0 Å². The predicted molar refractivity (Wildman–Crippen MR) is 136 cm³/mol. The Hall–Kier alpha value is -2.97. The maximum absolute atomic E-state index is 10.7. The standard InChI is InChI=1S/C8H8O2.C8H14O2.C7H14O.C4H6O3/c1-6(9)7-4-2-3-5-8(7)10;1-7(2)8(3)10-6-5-9-4;1-8-7-5-3-2-4-6-7;1-3(5)4(6)7-2/h2-5,10H,1H3;1,3,5-6H2,2,4H3;7H,2-6H2,1H3;1-2H3. The Bertz CT molecular complexity index is 779. The van der Waals surface area contributed by atoms with Crippen LogP contribution < -0.4 is 0 Å². The van der Waals surface area contributed by atoms with Crippen LogP contribution in [0.3, 0.4) is 0 Å². The molecule has 1 aromatic carbocycles. The van der Waals surface area contributed by atoms with Crippen molar-refractivity contribution in [2.24, 2.45) is 0 Å². The minimum Gasteiger partial charge on any atom is -0.507 e. The second kappa shape index (κ2) is 21.6. The number of hydrogen-bond acceptors (Lipinski definition) is 8. The smallest absolute Gasteiger partial charge is 0.374 e. The number of para-hydroxylation sites is 1. The molecule has 198 valence electrons. The average molecular weight is 495 g/mol. The molecule has 8 heteroatoms. The molecule has 35 heavy (non-hydrogen) atoms. The van der Waals surface area contributed by atoms with Crippen molar-refractivity contribution in [2.45, 2.75) is 59.0 Å². The molecule has 0 unspecified atom stereocenters. The van der Waals surface area contributed by atoms with Crippen molar-refractivity contribution < 1.29 is 38.4 Å². The number of carbonyl (C=O) groups excluding carboxylic acids is 3. The predicted octanol–water partition coefficient (Wildman–Crippen LogP) is 5.05. The first-order valence-electron chi connectivity index (χ1n) is 11.4. The van der Waals surface area contributed by atoms with Crippen molar-refractivity contribution in [3.8, 4) is 5.75 Å². The fraction of sp³-hybridized carbons (Fsp3) is 0.519. The summed E-state index contributed by atoms with van der Waals surface area (Å²) < 4.78 is 19.1. The normalized spacial score (nSPS) is 12.2. The van der Waals surface area contributed by atoms with Crippen LogP contribution >= 0.6 is 0 Å². The van der Waals surface area contributed by atoms with Crippen molar-refractivity contribution in [2.75, 3.05) is 34.5 Å². The van der Waals surface area contributed by atoms with Gasteiger partial charge in [-0.1, -0.05) is 44.6 Å². The van der Waals surface area contributed by atoms with E-state index in [0.29, 0.717) is 30.6 Å². The largest absolute Gasteiger partial charge is 0.507 e. The lowest BCUT2D eigenvalue weighted by Gasteiger charge is -2.19. The monoisotopic (exact) mass is 494 g/mol. The molecule has 0 atom stereocenters. The number of Topliss-reactive ketones (excluding diaryl/α,β-unsaturated/α-hetero) is 2. The lowest BCUT2D eigenvalue weighted by molar-refractivity contribution is -0.150.